The SMILES string of the molecule is O=C(c1cc2ccccc2oc1=O)N1CCC2CCC(C1)N2. The maximum atomic E-state index is 12.7. The first-order valence-electron chi connectivity index (χ1n) is 7.79. The molecule has 3 heterocycles. The van der Waals surface area contributed by atoms with Crippen LogP contribution in [0.3, 0.4) is 0 Å². The van der Waals surface area contributed by atoms with Gasteiger partial charge in [0, 0.05) is 30.6 Å². The number of benzene rings is 1. The minimum atomic E-state index is -0.550. The second-order valence-corrected chi connectivity index (χ2v) is 6.16. The molecule has 2 bridgehead atoms. The molecular formula is C17H18N2O3. The van der Waals surface area contributed by atoms with E-state index in [9.17, 15) is 9.59 Å². The van der Waals surface area contributed by atoms with Crippen LogP contribution in [-0.4, -0.2) is 36.0 Å². The minimum Gasteiger partial charge on any atom is -0.422 e. The molecule has 0 spiro atoms. The molecule has 2 saturated heterocycles. The van der Waals surface area contributed by atoms with E-state index in [1.165, 1.54) is 6.42 Å². The number of amides is 1. The van der Waals surface area contributed by atoms with Gasteiger partial charge >= 0.3 is 5.63 Å². The van der Waals surface area contributed by atoms with Gasteiger partial charge in [0.15, 0.2) is 0 Å². The first-order chi connectivity index (χ1) is 10.7. The van der Waals surface area contributed by atoms with Crippen molar-refractivity contribution in [3.63, 3.8) is 0 Å². The number of likely N-dealkylation sites (tertiary alicyclic amines) is 1. The molecule has 1 aromatic carbocycles. The van der Waals surface area contributed by atoms with Crippen molar-refractivity contribution in [2.24, 2.45) is 0 Å². The molecule has 1 amide bonds. The van der Waals surface area contributed by atoms with Gasteiger partial charge in [-0.3, -0.25) is 4.79 Å². The van der Waals surface area contributed by atoms with Gasteiger partial charge in [-0.05, 0) is 31.4 Å². The van der Waals surface area contributed by atoms with Gasteiger partial charge in [-0.15, -0.1) is 0 Å². The maximum absolute atomic E-state index is 12.7. The Morgan fingerprint density at radius 1 is 1.18 bits per heavy atom. The van der Waals surface area contributed by atoms with Crippen molar-refractivity contribution < 1.29 is 9.21 Å². The van der Waals surface area contributed by atoms with Gasteiger partial charge < -0.3 is 14.6 Å². The number of hydrogen-bond acceptors (Lipinski definition) is 4. The largest absolute Gasteiger partial charge is 0.422 e. The zero-order valence-corrected chi connectivity index (χ0v) is 12.2. The van der Waals surface area contributed by atoms with Crippen molar-refractivity contribution in [1.82, 2.24) is 10.2 Å². The van der Waals surface area contributed by atoms with E-state index in [1.54, 1.807) is 17.0 Å². The van der Waals surface area contributed by atoms with Crippen molar-refractivity contribution in [1.29, 1.82) is 0 Å². The van der Waals surface area contributed by atoms with E-state index in [2.05, 4.69) is 5.32 Å². The predicted octanol–water partition coefficient (Wildman–Crippen LogP) is 1.76. The molecule has 0 radical (unpaired) electrons. The highest BCUT2D eigenvalue weighted by Crippen LogP contribution is 2.22. The molecule has 2 aliphatic rings. The minimum absolute atomic E-state index is 0.136. The smallest absolute Gasteiger partial charge is 0.349 e. The molecule has 2 unspecified atom stereocenters. The molecule has 4 rings (SSSR count). The third-order valence-corrected chi connectivity index (χ3v) is 4.68. The molecule has 22 heavy (non-hydrogen) atoms. The summed E-state index contributed by atoms with van der Waals surface area (Å²) in [6.07, 6.45) is 3.23. The van der Waals surface area contributed by atoms with Crippen LogP contribution in [0, 0.1) is 0 Å². The van der Waals surface area contributed by atoms with E-state index in [1.807, 2.05) is 18.2 Å². The third kappa shape index (κ3) is 2.31. The molecular weight excluding hydrogens is 280 g/mol. The van der Waals surface area contributed by atoms with Crippen molar-refractivity contribution in [2.75, 3.05) is 13.1 Å². The second-order valence-electron chi connectivity index (χ2n) is 6.16. The van der Waals surface area contributed by atoms with Gasteiger partial charge in [-0.2, -0.15) is 0 Å². The van der Waals surface area contributed by atoms with E-state index < -0.39 is 5.63 Å². The van der Waals surface area contributed by atoms with Crippen LogP contribution in [0.5, 0.6) is 0 Å². The number of hydrogen-bond donors (Lipinski definition) is 1. The summed E-state index contributed by atoms with van der Waals surface area (Å²) in [5, 5.41) is 4.32. The summed E-state index contributed by atoms with van der Waals surface area (Å²) in [5.41, 5.74) is 0.100. The summed E-state index contributed by atoms with van der Waals surface area (Å²) in [6.45, 7) is 1.36. The fraction of sp³-hybridized carbons (Fsp3) is 0.412. The van der Waals surface area contributed by atoms with Gasteiger partial charge in [0.25, 0.3) is 5.91 Å². The van der Waals surface area contributed by atoms with Gasteiger partial charge in [0.05, 0.1) is 0 Å². The number of fused-ring (bicyclic) bond motifs is 3. The van der Waals surface area contributed by atoms with Crippen LogP contribution in [0.25, 0.3) is 11.0 Å². The molecule has 2 fully saturated rings. The Morgan fingerprint density at radius 2 is 2.00 bits per heavy atom. The lowest BCUT2D eigenvalue weighted by Gasteiger charge is -2.23. The summed E-state index contributed by atoms with van der Waals surface area (Å²) in [5.74, 6) is -0.214. The van der Waals surface area contributed by atoms with E-state index in [4.69, 9.17) is 4.42 Å². The fourth-order valence-corrected chi connectivity index (χ4v) is 3.51. The summed E-state index contributed by atoms with van der Waals surface area (Å²) in [7, 11) is 0. The summed E-state index contributed by atoms with van der Waals surface area (Å²) in [4.78, 5) is 26.7. The van der Waals surface area contributed by atoms with Gasteiger partial charge in [-0.25, -0.2) is 4.79 Å². The van der Waals surface area contributed by atoms with Crippen molar-refractivity contribution in [2.45, 2.75) is 31.3 Å². The third-order valence-electron chi connectivity index (χ3n) is 4.68. The molecule has 1 N–H and O–H groups in total. The standard InChI is InChI=1S/C17H18N2O3/c20-16(19-8-7-12-5-6-13(10-19)18-12)14-9-11-3-1-2-4-15(11)22-17(14)21/h1-4,9,12-13,18H,5-8,10H2. The van der Waals surface area contributed by atoms with E-state index in [-0.39, 0.29) is 11.5 Å². The van der Waals surface area contributed by atoms with Crippen LogP contribution in [0.4, 0.5) is 0 Å². The van der Waals surface area contributed by atoms with E-state index >= 15 is 0 Å². The number of rotatable bonds is 1. The highest BCUT2D eigenvalue weighted by atomic mass is 16.4. The Labute approximate surface area is 127 Å². The van der Waals surface area contributed by atoms with Gasteiger partial charge in [-0.1, -0.05) is 18.2 Å². The first kappa shape index (κ1) is 13.5. The van der Waals surface area contributed by atoms with Gasteiger partial charge in [0.2, 0.25) is 0 Å². The molecule has 2 atom stereocenters. The Balaban J connectivity index is 1.67. The Kier molecular flexibility index (Phi) is 3.22. The summed E-state index contributed by atoms with van der Waals surface area (Å²) in [6, 6.07) is 9.77. The molecule has 0 aliphatic carbocycles. The quantitative estimate of drug-likeness (QED) is 0.815. The zero-order chi connectivity index (χ0) is 15.1. The van der Waals surface area contributed by atoms with Crippen LogP contribution >= 0.6 is 0 Å². The van der Waals surface area contributed by atoms with Crippen LogP contribution in [0.1, 0.15) is 29.6 Å². The number of para-hydroxylation sites is 1. The molecule has 5 heteroatoms. The Morgan fingerprint density at radius 3 is 2.91 bits per heavy atom. The zero-order valence-electron chi connectivity index (χ0n) is 12.2. The van der Waals surface area contributed by atoms with Crippen molar-refractivity contribution >= 4 is 16.9 Å². The van der Waals surface area contributed by atoms with E-state index in [0.717, 1.165) is 18.2 Å². The second kappa shape index (κ2) is 5.25. The monoisotopic (exact) mass is 298 g/mol. The highest BCUT2D eigenvalue weighted by Gasteiger charge is 2.32. The van der Waals surface area contributed by atoms with Crippen molar-refractivity contribution in [3.8, 4) is 0 Å². The maximum Gasteiger partial charge on any atom is 0.349 e. The normalized spacial score (nSPS) is 24.5. The number of nitrogens with zero attached hydrogens (tertiary/aromatic N) is 1. The van der Waals surface area contributed by atoms with Crippen molar-refractivity contribution in [3.05, 3.63) is 46.3 Å². The average Bonchev–Trinajstić information content (AvgIpc) is 2.85. The molecule has 114 valence electrons. The molecule has 2 aliphatic heterocycles. The lowest BCUT2D eigenvalue weighted by molar-refractivity contribution is 0.0744. The number of carbonyl (C=O) groups is 1. The van der Waals surface area contributed by atoms with E-state index in [0.29, 0.717) is 30.8 Å². The molecule has 2 aromatic rings. The van der Waals surface area contributed by atoms with Crippen LogP contribution in [0.15, 0.2) is 39.5 Å². The molecule has 5 nitrogen and oxygen atoms in total. The number of carbonyl (C=O) groups excluding carboxylic acids is 1. The van der Waals surface area contributed by atoms with Crippen LogP contribution in [0.2, 0.25) is 0 Å². The lowest BCUT2D eigenvalue weighted by atomic mass is 10.1. The summed E-state index contributed by atoms with van der Waals surface area (Å²) < 4.78 is 5.28. The number of nitrogens with one attached hydrogen (secondary N) is 1. The molecule has 0 saturated carbocycles. The Hall–Kier alpha value is -2.14. The van der Waals surface area contributed by atoms with Crippen LogP contribution < -0.4 is 10.9 Å². The topological polar surface area (TPSA) is 62.6 Å². The fourth-order valence-electron chi connectivity index (χ4n) is 3.51. The summed E-state index contributed by atoms with van der Waals surface area (Å²) >= 11 is 0. The lowest BCUT2D eigenvalue weighted by Crippen LogP contribution is -2.40. The average molecular weight is 298 g/mol. The first-order valence-corrected chi connectivity index (χ1v) is 7.79. The van der Waals surface area contributed by atoms with Crippen LogP contribution in [-0.2, 0) is 0 Å². The van der Waals surface area contributed by atoms with Gasteiger partial charge in [0.1, 0.15) is 11.1 Å². The molecule has 1 aromatic heterocycles. The predicted molar refractivity (Wildman–Crippen MR) is 83.0 cm³/mol. The Bertz CT molecular complexity index is 783. The highest BCUT2D eigenvalue weighted by molar-refractivity contribution is 5.96.